The van der Waals surface area contributed by atoms with Gasteiger partial charge in [0.2, 0.25) is 35.4 Å². The van der Waals surface area contributed by atoms with Gasteiger partial charge in [-0.05, 0) is 94.5 Å². The molecule has 1 saturated heterocycles. The number of primary amides is 1. The number of ether oxygens (including phenoxy) is 1. The molecule has 0 saturated carbocycles. The summed E-state index contributed by atoms with van der Waals surface area (Å²) in [7, 11) is 0. The molecule has 0 spiro atoms. The Morgan fingerprint density at radius 3 is 2.04 bits per heavy atom. The molecule has 0 bridgehead atoms. The zero-order chi connectivity index (χ0) is 54.0. The number of rotatable bonds is 25. The minimum absolute atomic E-state index is 0.0128. The molecular weight excluding hydrogens is 949 g/mol. The number of phenolic OH excluding ortho intramolecular Hbond substituents is 1. The molecule has 3 aromatic rings. The van der Waals surface area contributed by atoms with Crippen molar-refractivity contribution >= 4 is 64.2 Å². The second-order valence-electron chi connectivity index (χ2n) is 19.2. The van der Waals surface area contributed by atoms with E-state index in [1.54, 1.807) is 40.8 Å². The van der Waals surface area contributed by atoms with Gasteiger partial charge in [0.15, 0.2) is 5.96 Å². The highest BCUT2D eigenvalue weighted by Gasteiger charge is 2.39. The van der Waals surface area contributed by atoms with Crippen LogP contribution in [0.2, 0.25) is 0 Å². The number of amides is 9. The third-order valence-corrected chi connectivity index (χ3v) is 11.6. The molecule has 0 aliphatic carbocycles. The Kier molecular flexibility index (Phi) is 21.8. The molecule has 2 heterocycles. The molecule has 25 heteroatoms. The Morgan fingerprint density at radius 2 is 1.40 bits per heavy atom. The number of nitrogens with zero attached hydrogens (tertiary/aromatic N) is 2. The number of urea groups is 1. The number of aromatic nitrogens is 1. The van der Waals surface area contributed by atoms with Crippen molar-refractivity contribution in [3.8, 4) is 5.75 Å². The van der Waals surface area contributed by atoms with Crippen LogP contribution in [0.5, 0.6) is 5.75 Å². The van der Waals surface area contributed by atoms with Crippen LogP contribution in [0.15, 0.2) is 59.7 Å². The van der Waals surface area contributed by atoms with Gasteiger partial charge in [-0.3, -0.25) is 44.0 Å². The number of nitrogens with one attached hydrogen (secondary N) is 8. The number of para-hydroxylation sites is 1. The van der Waals surface area contributed by atoms with Crippen LogP contribution in [0.25, 0.3) is 10.9 Å². The molecule has 73 heavy (non-hydrogen) atoms. The highest BCUT2D eigenvalue weighted by Crippen LogP contribution is 2.21. The van der Waals surface area contributed by atoms with Crippen molar-refractivity contribution in [3.05, 3.63) is 65.9 Å². The summed E-state index contributed by atoms with van der Waals surface area (Å²) in [6, 6.07) is 2.97. The number of phenols is 1. The molecule has 400 valence electrons. The number of nitrogens with two attached hydrogens (primary N) is 4. The number of likely N-dealkylation sites (tertiary alicyclic amines) is 1. The molecule has 0 radical (unpaired) electrons. The second kappa shape index (κ2) is 27.4. The van der Waals surface area contributed by atoms with Gasteiger partial charge in [-0.25, -0.2) is 10.2 Å². The van der Waals surface area contributed by atoms with Crippen LogP contribution in [-0.2, 0) is 51.1 Å². The van der Waals surface area contributed by atoms with Crippen LogP contribution in [0.3, 0.4) is 0 Å². The maximum absolute atomic E-state index is 14.4. The molecule has 2 aromatic carbocycles. The van der Waals surface area contributed by atoms with Crippen LogP contribution in [-0.4, -0.2) is 148 Å². The Morgan fingerprint density at radius 1 is 0.795 bits per heavy atom. The van der Waals surface area contributed by atoms with Crippen molar-refractivity contribution in [2.45, 2.75) is 127 Å². The van der Waals surface area contributed by atoms with Gasteiger partial charge in [0.1, 0.15) is 42.0 Å². The fraction of sp³-hybridized carbons (Fsp3) is 0.521. The molecule has 7 atom stereocenters. The summed E-state index contributed by atoms with van der Waals surface area (Å²) in [5, 5.41) is 34.3. The number of guanidine groups is 1. The smallest absolute Gasteiger partial charge is 0.330 e. The van der Waals surface area contributed by atoms with Crippen LogP contribution in [0.4, 0.5) is 4.79 Å². The number of H-pyrrole nitrogens is 1. The number of aliphatic imine (C=N–C) groups is 1. The Bertz CT molecular complexity index is 2420. The number of aromatic amines is 1. The van der Waals surface area contributed by atoms with E-state index in [-0.39, 0.29) is 69.2 Å². The largest absolute Gasteiger partial charge is 0.508 e. The van der Waals surface area contributed by atoms with Crippen molar-refractivity contribution < 1.29 is 53.3 Å². The summed E-state index contributed by atoms with van der Waals surface area (Å²) in [6.07, 6.45) is 2.60. The van der Waals surface area contributed by atoms with Crippen molar-refractivity contribution in [3.63, 3.8) is 0 Å². The lowest BCUT2D eigenvalue weighted by Crippen LogP contribution is -2.61. The quantitative estimate of drug-likeness (QED) is 0.0189. The minimum atomic E-state index is -1.56. The summed E-state index contributed by atoms with van der Waals surface area (Å²) in [5.74, 6) is -6.03. The van der Waals surface area contributed by atoms with Crippen molar-refractivity contribution in [1.29, 1.82) is 0 Å². The number of carbonyl (C=O) groups is 8. The topological polar surface area (TPSA) is 406 Å². The third-order valence-electron chi connectivity index (χ3n) is 11.6. The van der Waals surface area contributed by atoms with Gasteiger partial charge in [-0.2, -0.15) is 0 Å². The predicted octanol–water partition coefficient (Wildman–Crippen LogP) is -1.99. The lowest BCUT2D eigenvalue weighted by Gasteiger charge is -2.31. The first-order valence-electron chi connectivity index (χ1n) is 24.0. The van der Waals surface area contributed by atoms with Crippen molar-refractivity contribution in [2.75, 3.05) is 26.3 Å². The number of aliphatic hydroxyl groups excluding tert-OH is 1. The van der Waals surface area contributed by atoms with E-state index in [1.165, 1.54) is 29.2 Å². The number of hydrogen-bond acceptors (Lipinski definition) is 13. The number of hydrogen-bond donors (Lipinski definition) is 14. The Hall–Kier alpha value is -7.51. The highest BCUT2D eigenvalue weighted by molar-refractivity contribution is 5.98. The van der Waals surface area contributed by atoms with E-state index in [2.05, 4.69) is 42.0 Å². The van der Waals surface area contributed by atoms with Gasteiger partial charge in [0.05, 0.1) is 24.9 Å². The summed E-state index contributed by atoms with van der Waals surface area (Å²) < 4.78 is 5.97. The fourth-order valence-corrected chi connectivity index (χ4v) is 7.96. The van der Waals surface area contributed by atoms with Crippen LogP contribution in [0.1, 0.15) is 77.8 Å². The molecule has 9 amide bonds. The summed E-state index contributed by atoms with van der Waals surface area (Å²) in [6.45, 7) is 7.71. The molecule has 1 aliphatic rings. The van der Waals surface area contributed by atoms with E-state index >= 15 is 0 Å². The van der Waals surface area contributed by atoms with Crippen LogP contribution >= 0.6 is 0 Å². The van der Waals surface area contributed by atoms with Crippen LogP contribution in [0, 0.1) is 5.92 Å². The lowest BCUT2D eigenvalue weighted by atomic mass is 10.0. The summed E-state index contributed by atoms with van der Waals surface area (Å²) in [5.41, 5.74) is 27.8. The fourth-order valence-electron chi connectivity index (χ4n) is 7.96. The zero-order valence-corrected chi connectivity index (χ0v) is 41.9. The number of aliphatic hydroxyl groups is 1. The van der Waals surface area contributed by atoms with E-state index in [0.29, 0.717) is 12.0 Å². The predicted molar refractivity (Wildman–Crippen MR) is 269 cm³/mol. The van der Waals surface area contributed by atoms with Gasteiger partial charge >= 0.3 is 6.03 Å². The average molecular weight is 1020 g/mol. The normalized spacial score (nSPS) is 15.9. The maximum atomic E-state index is 14.4. The monoisotopic (exact) mass is 1020 g/mol. The maximum Gasteiger partial charge on any atom is 0.330 e. The summed E-state index contributed by atoms with van der Waals surface area (Å²) in [4.78, 5) is 117. The standard InChI is InChI=1S/C48H72N14O11/c1-26(2)20-34(40(66)55-33(12-8-18-53-46(50)51)45(71)62-19-9-13-38(62)44(70)60-61-47(52)72)56-43(69)37(25-73-48(3,4)5)59-41(67)35(21-27-14-16-29(64)17-15-27)57-42(68)36(24-63)58-39(65)31(49)22-28-23-54-32-11-7-6-10-30(28)32/h6-7,10-11,14-17,23,26,31,33-38,54,63-64H,8-9,12-13,18-22,24-25,49H2,1-5H3,(H,55,66)(H,56,69)(H,57,68)(H,58,65)(H,59,67)(H,60,70)(H4,50,51,53)(H3,52,61,72)/t31?,33-,34-,35-,36-,37+,38-/m0/s1. The molecule has 1 fully saturated rings. The molecule has 1 aliphatic heterocycles. The van der Waals surface area contributed by atoms with Crippen molar-refractivity contribution in [2.24, 2.45) is 33.8 Å². The second-order valence-corrected chi connectivity index (χ2v) is 19.2. The number of hydrazine groups is 1. The van der Waals surface area contributed by atoms with Gasteiger partial charge in [0, 0.05) is 36.6 Å². The van der Waals surface area contributed by atoms with Gasteiger partial charge in [-0.15, -0.1) is 0 Å². The molecule has 18 N–H and O–H groups in total. The Labute approximate surface area is 423 Å². The first-order chi connectivity index (χ1) is 34.5. The van der Waals surface area contributed by atoms with Gasteiger partial charge < -0.3 is 74.4 Å². The zero-order valence-electron chi connectivity index (χ0n) is 41.9. The first kappa shape index (κ1) is 58.1. The first-order valence-corrected chi connectivity index (χ1v) is 24.0. The van der Waals surface area contributed by atoms with Gasteiger partial charge in [-0.1, -0.05) is 44.2 Å². The number of benzene rings is 2. The number of carbonyl (C=O) groups excluding carboxylic acids is 8. The molecule has 1 unspecified atom stereocenters. The van der Waals surface area contributed by atoms with E-state index in [0.717, 1.165) is 16.5 Å². The Balaban J connectivity index is 1.57. The van der Waals surface area contributed by atoms with Crippen LogP contribution < -0.4 is 60.4 Å². The molecule has 25 nitrogen and oxygen atoms in total. The lowest BCUT2D eigenvalue weighted by molar-refractivity contribution is -0.142. The van der Waals surface area contributed by atoms with Crippen molar-refractivity contribution in [1.82, 2.24) is 47.3 Å². The van der Waals surface area contributed by atoms with E-state index in [4.69, 9.17) is 27.7 Å². The molecule has 1 aromatic heterocycles. The highest BCUT2D eigenvalue weighted by atomic mass is 16.5. The van der Waals surface area contributed by atoms with E-state index in [1.807, 2.05) is 29.7 Å². The SMILES string of the molecule is CC(C)C[C@H](NC(=O)[C@@H](COC(C)(C)C)NC(=O)[C@H](Cc1ccc(O)cc1)NC(=O)[C@H](CO)NC(=O)C(N)Cc1c[nH]c2ccccc12)C(=O)N[C@@H](CCCN=C(N)N)C(=O)N1CCC[C@H]1C(=O)NNC(N)=O. The molecular formula is C48H72N14O11. The van der Waals surface area contributed by atoms with E-state index < -0.39 is 108 Å². The number of aromatic hydroxyl groups is 1. The average Bonchev–Trinajstić information content (AvgIpc) is 3.99. The summed E-state index contributed by atoms with van der Waals surface area (Å²) >= 11 is 0. The van der Waals surface area contributed by atoms with Gasteiger partial charge in [0.25, 0.3) is 5.91 Å². The molecule has 4 rings (SSSR count). The third kappa shape index (κ3) is 18.6. The van der Waals surface area contributed by atoms with E-state index in [9.17, 15) is 48.6 Å². The minimum Gasteiger partial charge on any atom is -0.508 e. The number of fused-ring (bicyclic) bond motifs is 1.